The molecule has 1 aromatic heterocycles. The minimum Gasteiger partial charge on any atom is -0.301 e. The Morgan fingerprint density at radius 3 is 2.42 bits per heavy atom. The zero-order chi connectivity index (χ0) is 16.9. The van der Waals surface area contributed by atoms with Crippen LogP contribution in [0.25, 0.3) is 0 Å². The van der Waals surface area contributed by atoms with Crippen molar-refractivity contribution in [3.8, 4) is 0 Å². The number of rotatable bonds is 6. The van der Waals surface area contributed by atoms with E-state index in [-0.39, 0.29) is 0 Å². The van der Waals surface area contributed by atoms with Crippen LogP contribution >= 0.6 is 12.2 Å². The molecule has 134 valence electrons. The fourth-order valence-electron chi connectivity index (χ4n) is 3.95. The quantitative estimate of drug-likeness (QED) is 0.582. The Morgan fingerprint density at radius 1 is 1.12 bits per heavy atom. The van der Waals surface area contributed by atoms with Crippen LogP contribution in [0.5, 0.6) is 0 Å². The Labute approximate surface area is 150 Å². The Hall–Kier alpha value is -0.980. The molecule has 5 nitrogen and oxygen atoms in total. The first-order chi connectivity index (χ1) is 11.7. The SMILES string of the molecule is C=CCn1c(C2CCCCC2)nn(CN2CCN(CC)CC2)c1=S. The first kappa shape index (κ1) is 17.8. The molecule has 0 amide bonds. The van der Waals surface area contributed by atoms with Crippen molar-refractivity contribution in [1.29, 1.82) is 0 Å². The molecule has 3 rings (SSSR count). The lowest BCUT2D eigenvalue weighted by molar-refractivity contribution is 0.106. The Balaban J connectivity index is 1.75. The predicted octanol–water partition coefficient (Wildman–Crippen LogP) is 3.24. The molecule has 0 bridgehead atoms. The number of piperazine rings is 1. The van der Waals surface area contributed by atoms with E-state index >= 15 is 0 Å². The molecule has 24 heavy (non-hydrogen) atoms. The average Bonchev–Trinajstić information content (AvgIpc) is 2.93. The standard InChI is InChI=1S/C18H31N5S/c1-3-10-22-17(16-8-6-5-7-9-16)19-23(18(22)24)15-21-13-11-20(4-2)12-14-21/h3,16H,1,4-15H2,2H3. The highest BCUT2D eigenvalue weighted by atomic mass is 32.1. The van der Waals surface area contributed by atoms with Crippen LogP contribution in [0, 0.1) is 4.77 Å². The molecule has 0 unspecified atom stereocenters. The summed E-state index contributed by atoms with van der Waals surface area (Å²) in [6.45, 7) is 13.4. The van der Waals surface area contributed by atoms with Crippen LogP contribution in [-0.4, -0.2) is 56.9 Å². The van der Waals surface area contributed by atoms with Crippen molar-refractivity contribution < 1.29 is 0 Å². The van der Waals surface area contributed by atoms with Gasteiger partial charge in [-0.25, -0.2) is 4.68 Å². The van der Waals surface area contributed by atoms with Gasteiger partial charge in [-0.1, -0.05) is 32.3 Å². The van der Waals surface area contributed by atoms with Crippen LogP contribution in [0.3, 0.4) is 0 Å². The van der Waals surface area contributed by atoms with Crippen molar-refractivity contribution in [2.75, 3.05) is 32.7 Å². The van der Waals surface area contributed by atoms with E-state index in [9.17, 15) is 0 Å². The second-order valence-corrected chi connectivity index (χ2v) is 7.43. The van der Waals surface area contributed by atoms with Crippen LogP contribution in [0.15, 0.2) is 12.7 Å². The second kappa shape index (κ2) is 8.41. The molecule has 0 aromatic carbocycles. The van der Waals surface area contributed by atoms with Gasteiger partial charge in [0.25, 0.3) is 0 Å². The maximum atomic E-state index is 5.74. The molecular weight excluding hydrogens is 318 g/mol. The molecule has 2 aliphatic rings. The molecule has 1 aliphatic heterocycles. The maximum Gasteiger partial charge on any atom is 0.199 e. The Bertz CT molecular complexity index is 591. The topological polar surface area (TPSA) is 29.2 Å². The minimum atomic E-state index is 0.568. The van der Waals surface area contributed by atoms with Gasteiger partial charge in [0.2, 0.25) is 0 Å². The fraction of sp³-hybridized carbons (Fsp3) is 0.778. The summed E-state index contributed by atoms with van der Waals surface area (Å²) >= 11 is 5.74. The number of likely N-dealkylation sites (N-methyl/N-ethyl adjacent to an activating group) is 1. The highest BCUT2D eigenvalue weighted by Crippen LogP contribution is 2.32. The lowest BCUT2D eigenvalue weighted by atomic mass is 9.89. The summed E-state index contributed by atoms with van der Waals surface area (Å²) in [5, 5.41) is 4.96. The van der Waals surface area contributed by atoms with Crippen LogP contribution < -0.4 is 0 Å². The van der Waals surface area contributed by atoms with Crippen molar-refractivity contribution in [2.24, 2.45) is 0 Å². The van der Waals surface area contributed by atoms with Crippen molar-refractivity contribution in [3.63, 3.8) is 0 Å². The second-order valence-electron chi connectivity index (χ2n) is 7.07. The number of nitrogens with zero attached hydrogens (tertiary/aromatic N) is 5. The molecular formula is C18H31N5S. The van der Waals surface area contributed by atoms with Gasteiger partial charge >= 0.3 is 0 Å². The summed E-state index contributed by atoms with van der Waals surface area (Å²) in [6, 6.07) is 0. The van der Waals surface area contributed by atoms with Gasteiger partial charge in [-0.3, -0.25) is 9.47 Å². The molecule has 6 heteroatoms. The van der Waals surface area contributed by atoms with E-state index in [0.717, 1.165) is 50.7 Å². The third-order valence-corrected chi connectivity index (χ3v) is 5.91. The maximum absolute atomic E-state index is 5.74. The highest BCUT2D eigenvalue weighted by Gasteiger charge is 2.23. The molecule has 1 aliphatic carbocycles. The zero-order valence-corrected chi connectivity index (χ0v) is 15.8. The van der Waals surface area contributed by atoms with Crippen molar-refractivity contribution >= 4 is 12.2 Å². The monoisotopic (exact) mass is 349 g/mol. The number of aromatic nitrogens is 3. The molecule has 0 spiro atoms. The number of allylic oxidation sites excluding steroid dienone is 1. The van der Waals surface area contributed by atoms with Crippen LogP contribution in [0.4, 0.5) is 0 Å². The summed E-state index contributed by atoms with van der Waals surface area (Å²) < 4.78 is 5.11. The van der Waals surface area contributed by atoms with Crippen molar-refractivity contribution in [3.05, 3.63) is 23.3 Å². The first-order valence-corrected chi connectivity index (χ1v) is 9.87. The van der Waals surface area contributed by atoms with E-state index < -0.39 is 0 Å². The summed E-state index contributed by atoms with van der Waals surface area (Å²) in [5.74, 6) is 1.75. The molecule has 1 aromatic rings. The average molecular weight is 350 g/mol. The van der Waals surface area contributed by atoms with Gasteiger partial charge in [-0.2, -0.15) is 5.10 Å². The molecule has 0 atom stereocenters. The van der Waals surface area contributed by atoms with Gasteiger partial charge < -0.3 is 4.90 Å². The number of hydrogen-bond donors (Lipinski definition) is 0. The van der Waals surface area contributed by atoms with E-state index in [4.69, 9.17) is 17.3 Å². The molecule has 0 N–H and O–H groups in total. The lowest BCUT2D eigenvalue weighted by Crippen LogP contribution is -2.46. The van der Waals surface area contributed by atoms with Gasteiger partial charge in [0.05, 0.1) is 6.67 Å². The van der Waals surface area contributed by atoms with E-state index in [1.54, 1.807) is 0 Å². The largest absolute Gasteiger partial charge is 0.301 e. The van der Waals surface area contributed by atoms with Crippen LogP contribution in [0.1, 0.15) is 50.8 Å². The van der Waals surface area contributed by atoms with Gasteiger partial charge in [0.15, 0.2) is 4.77 Å². The lowest BCUT2D eigenvalue weighted by Gasteiger charge is -2.33. The van der Waals surface area contributed by atoms with E-state index in [1.807, 2.05) is 10.8 Å². The van der Waals surface area contributed by atoms with Crippen LogP contribution in [0.2, 0.25) is 0 Å². The normalized spacial score (nSPS) is 21.2. The van der Waals surface area contributed by atoms with Crippen LogP contribution in [-0.2, 0) is 13.2 Å². The van der Waals surface area contributed by atoms with Gasteiger partial charge in [0, 0.05) is 38.6 Å². The van der Waals surface area contributed by atoms with E-state index in [1.165, 1.54) is 37.9 Å². The summed E-state index contributed by atoms with van der Waals surface area (Å²) in [5.41, 5.74) is 0. The summed E-state index contributed by atoms with van der Waals surface area (Å²) in [7, 11) is 0. The third-order valence-electron chi connectivity index (χ3n) is 5.48. The molecule has 1 saturated carbocycles. The minimum absolute atomic E-state index is 0.568. The summed E-state index contributed by atoms with van der Waals surface area (Å²) in [6.07, 6.45) is 8.43. The summed E-state index contributed by atoms with van der Waals surface area (Å²) in [4.78, 5) is 4.97. The van der Waals surface area contributed by atoms with Gasteiger partial charge in [-0.05, 0) is 31.6 Å². The zero-order valence-electron chi connectivity index (χ0n) is 15.0. The molecule has 2 fully saturated rings. The third kappa shape index (κ3) is 3.98. The van der Waals surface area contributed by atoms with Crippen molar-refractivity contribution in [2.45, 2.75) is 58.2 Å². The number of hydrogen-bond acceptors (Lipinski definition) is 4. The highest BCUT2D eigenvalue weighted by molar-refractivity contribution is 7.71. The smallest absolute Gasteiger partial charge is 0.199 e. The van der Waals surface area contributed by atoms with E-state index in [0.29, 0.717) is 5.92 Å². The first-order valence-electron chi connectivity index (χ1n) is 9.46. The molecule has 2 heterocycles. The Kier molecular flexibility index (Phi) is 6.25. The molecule has 0 radical (unpaired) electrons. The fourth-order valence-corrected chi connectivity index (χ4v) is 4.22. The van der Waals surface area contributed by atoms with Crippen molar-refractivity contribution in [1.82, 2.24) is 24.1 Å². The molecule has 1 saturated heterocycles. The van der Waals surface area contributed by atoms with Gasteiger partial charge in [0.1, 0.15) is 5.82 Å². The predicted molar refractivity (Wildman–Crippen MR) is 101 cm³/mol. The van der Waals surface area contributed by atoms with Gasteiger partial charge in [-0.15, -0.1) is 6.58 Å². The van der Waals surface area contributed by atoms with E-state index in [2.05, 4.69) is 27.9 Å². The Morgan fingerprint density at radius 2 is 1.79 bits per heavy atom.